The fourth-order valence-electron chi connectivity index (χ4n) is 1.12. The van der Waals surface area contributed by atoms with Crippen LogP contribution in [-0.4, -0.2) is 21.2 Å². The van der Waals surface area contributed by atoms with Crippen LogP contribution in [0, 0.1) is 0 Å². The second-order valence-corrected chi connectivity index (χ2v) is 3.81. The van der Waals surface area contributed by atoms with Gasteiger partial charge in [0.05, 0.1) is 11.4 Å². The third-order valence-corrected chi connectivity index (χ3v) is 2.47. The van der Waals surface area contributed by atoms with Crippen molar-refractivity contribution in [2.45, 2.75) is 5.16 Å². The normalized spacial score (nSPS) is 10.4. The van der Waals surface area contributed by atoms with E-state index in [1.807, 2.05) is 24.6 Å². The fraction of sp³-hybridized carbons (Fsp3) is 0.111. The maximum absolute atomic E-state index is 5.87. The quantitative estimate of drug-likeness (QED) is 0.486. The van der Waals surface area contributed by atoms with E-state index in [9.17, 15) is 0 Å². The second-order valence-electron chi connectivity index (χ2n) is 2.65. The third kappa shape index (κ3) is 1.91. The highest BCUT2D eigenvalue weighted by atomic mass is 35.5. The zero-order valence-electron chi connectivity index (χ0n) is 7.49. The van der Waals surface area contributed by atoms with Crippen LogP contribution in [0.15, 0.2) is 29.6 Å². The lowest BCUT2D eigenvalue weighted by Crippen LogP contribution is -1.90. The van der Waals surface area contributed by atoms with E-state index in [4.69, 9.17) is 11.6 Å². The third-order valence-electron chi connectivity index (χ3n) is 1.73. The first-order valence-corrected chi connectivity index (χ1v) is 5.62. The average molecular weight is 226 g/mol. The van der Waals surface area contributed by atoms with Gasteiger partial charge in [-0.3, -0.25) is 0 Å². The van der Waals surface area contributed by atoms with Gasteiger partial charge in [0, 0.05) is 12.3 Å². The van der Waals surface area contributed by atoms with Gasteiger partial charge in [-0.25, -0.2) is 9.97 Å². The molecule has 0 aliphatic rings. The molecule has 0 bridgehead atoms. The Morgan fingerprint density at radius 1 is 1.43 bits per heavy atom. The Labute approximate surface area is 90.9 Å². The summed E-state index contributed by atoms with van der Waals surface area (Å²) in [6.07, 6.45) is 3.77. The van der Waals surface area contributed by atoms with Gasteiger partial charge in [-0.15, -0.1) is 0 Å². The van der Waals surface area contributed by atoms with Crippen molar-refractivity contribution in [1.29, 1.82) is 0 Å². The van der Waals surface area contributed by atoms with Crippen LogP contribution < -0.4 is 0 Å². The molecule has 0 saturated carbocycles. The Morgan fingerprint density at radius 2 is 2.29 bits per heavy atom. The minimum absolute atomic E-state index is 0.467. The highest BCUT2D eigenvalue weighted by Gasteiger charge is 2.04. The van der Waals surface area contributed by atoms with E-state index in [1.165, 1.54) is 11.8 Å². The first-order valence-electron chi connectivity index (χ1n) is 4.02. The van der Waals surface area contributed by atoms with Gasteiger partial charge in [0.25, 0.3) is 0 Å². The molecular weight excluding hydrogens is 218 g/mol. The van der Waals surface area contributed by atoms with Crippen molar-refractivity contribution in [3.05, 3.63) is 29.5 Å². The first-order chi connectivity index (χ1) is 6.79. The van der Waals surface area contributed by atoms with E-state index in [-0.39, 0.29) is 0 Å². The van der Waals surface area contributed by atoms with Gasteiger partial charge in [0.15, 0.2) is 5.16 Å². The second kappa shape index (κ2) is 4.02. The first kappa shape index (κ1) is 9.55. The molecule has 3 nitrogen and oxygen atoms in total. The van der Waals surface area contributed by atoms with Crippen molar-refractivity contribution in [3.8, 4) is 11.4 Å². The minimum Gasteiger partial charge on any atom is -0.360 e. The van der Waals surface area contributed by atoms with E-state index < -0.39 is 0 Å². The Hall–Kier alpha value is -1.00. The molecule has 72 valence electrons. The molecule has 5 heteroatoms. The zero-order valence-corrected chi connectivity index (χ0v) is 9.06. The van der Waals surface area contributed by atoms with Crippen LogP contribution in [0.1, 0.15) is 0 Å². The van der Waals surface area contributed by atoms with Crippen molar-refractivity contribution >= 4 is 23.4 Å². The number of nitrogens with one attached hydrogen (secondary N) is 1. The Bertz CT molecular complexity index is 428. The van der Waals surface area contributed by atoms with Crippen LogP contribution in [0.2, 0.25) is 5.15 Å². The number of halogens is 1. The van der Waals surface area contributed by atoms with Crippen LogP contribution in [0.25, 0.3) is 11.4 Å². The van der Waals surface area contributed by atoms with Gasteiger partial charge in [-0.2, -0.15) is 0 Å². The molecule has 2 aromatic rings. The lowest BCUT2D eigenvalue weighted by atomic mass is 10.3. The summed E-state index contributed by atoms with van der Waals surface area (Å²) in [5.41, 5.74) is 1.77. The van der Waals surface area contributed by atoms with Crippen LogP contribution in [-0.2, 0) is 0 Å². The molecule has 0 radical (unpaired) electrons. The summed E-state index contributed by atoms with van der Waals surface area (Å²) in [5, 5.41) is 1.15. The standard InChI is InChI=1S/C9H8ClN3S/c1-14-9-12-7(5-8(10)13-9)6-3-2-4-11-6/h2-5,11H,1H3. The van der Waals surface area contributed by atoms with Gasteiger partial charge in [0.2, 0.25) is 0 Å². The highest BCUT2D eigenvalue weighted by molar-refractivity contribution is 7.98. The molecule has 2 aromatic heterocycles. The summed E-state index contributed by atoms with van der Waals surface area (Å²) in [7, 11) is 0. The average Bonchev–Trinajstić information content (AvgIpc) is 2.69. The van der Waals surface area contributed by atoms with Crippen LogP contribution in [0.4, 0.5) is 0 Å². The number of hydrogen-bond acceptors (Lipinski definition) is 3. The number of hydrogen-bond donors (Lipinski definition) is 1. The predicted octanol–water partition coefficient (Wildman–Crippen LogP) is 2.85. The predicted molar refractivity (Wildman–Crippen MR) is 58.6 cm³/mol. The lowest BCUT2D eigenvalue weighted by molar-refractivity contribution is 0.973. The lowest BCUT2D eigenvalue weighted by Gasteiger charge is -2.00. The number of thioether (sulfide) groups is 1. The number of aromatic nitrogens is 3. The van der Waals surface area contributed by atoms with Crippen LogP contribution in [0.5, 0.6) is 0 Å². The molecule has 0 amide bonds. The van der Waals surface area contributed by atoms with Gasteiger partial charge in [-0.05, 0) is 18.4 Å². The molecule has 14 heavy (non-hydrogen) atoms. The smallest absolute Gasteiger partial charge is 0.189 e. The van der Waals surface area contributed by atoms with Crippen molar-refractivity contribution < 1.29 is 0 Å². The Kier molecular flexibility index (Phi) is 2.74. The number of aromatic amines is 1. The summed E-state index contributed by atoms with van der Waals surface area (Å²) in [6.45, 7) is 0. The topological polar surface area (TPSA) is 41.6 Å². The Morgan fingerprint density at radius 3 is 2.93 bits per heavy atom. The zero-order chi connectivity index (χ0) is 9.97. The largest absolute Gasteiger partial charge is 0.360 e. The van der Waals surface area contributed by atoms with Crippen molar-refractivity contribution in [2.75, 3.05) is 6.26 Å². The number of rotatable bonds is 2. The number of H-pyrrole nitrogens is 1. The molecule has 0 aliphatic carbocycles. The van der Waals surface area contributed by atoms with Crippen LogP contribution >= 0.6 is 23.4 Å². The molecule has 0 fully saturated rings. The van der Waals surface area contributed by atoms with Crippen molar-refractivity contribution in [2.24, 2.45) is 0 Å². The highest BCUT2D eigenvalue weighted by Crippen LogP contribution is 2.21. The van der Waals surface area contributed by atoms with E-state index in [1.54, 1.807) is 6.07 Å². The molecule has 1 N–H and O–H groups in total. The number of nitrogens with zero attached hydrogens (tertiary/aromatic N) is 2. The van der Waals surface area contributed by atoms with Gasteiger partial charge < -0.3 is 4.98 Å². The molecule has 2 rings (SSSR count). The maximum Gasteiger partial charge on any atom is 0.189 e. The molecule has 0 unspecified atom stereocenters. The monoisotopic (exact) mass is 225 g/mol. The Balaban J connectivity index is 2.48. The fourth-order valence-corrected chi connectivity index (χ4v) is 1.73. The molecular formula is C9H8ClN3S. The van der Waals surface area contributed by atoms with Gasteiger partial charge >= 0.3 is 0 Å². The minimum atomic E-state index is 0.467. The summed E-state index contributed by atoms with van der Waals surface area (Å²) in [5.74, 6) is 0. The SMILES string of the molecule is CSc1nc(Cl)cc(-c2ccc[nH]2)n1. The molecule has 0 spiro atoms. The van der Waals surface area contributed by atoms with Crippen molar-refractivity contribution in [1.82, 2.24) is 15.0 Å². The van der Waals surface area contributed by atoms with E-state index >= 15 is 0 Å². The molecule has 0 aromatic carbocycles. The molecule has 2 heterocycles. The molecule has 0 saturated heterocycles. The summed E-state index contributed by atoms with van der Waals surface area (Å²) in [6, 6.07) is 5.61. The van der Waals surface area contributed by atoms with E-state index in [0.717, 1.165) is 11.4 Å². The van der Waals surface area contributed by atoms with E-state index in [2.05, 4.69) is 15.0 Å². The van der Waals surface area contributed by atoms with Gasteiger partial charge in [-0.1, -0.05) is 23.4 Å². The summed E-state index contributed by atoms with van der Waals surface area (Å²) < 4.78 is 0. The molecule has 0 atom stereocenters. The summed E-state index contributed by atoms with van der Waals surface area (Å²) in [4.78, 5) is 11.5. The summed E-state index contributed by atoms with van der Waals surface area (Å²) >= 11 is 7.34. The van der Waals surface area contributed by atoms with Crippen molar-refractivity contribution in [3.63, 3.8) is 0 Å². The maximum atomic E-state index is 5.87. The molecule has 0 aliphatic heterocycles. The van der Waals surface area contributed by atoms with Crippen LogP contribution in [0.3, 0.4) is 0 Å². The van der Waals surface area contributed by atoms with E-state index in [0.29, 0.717) is 10.3 Å². The van der Waals surface area contributed by atoms with Gasteiger partial charge in [0.1, 0.15) is 5.15 Å².